The standard InChI is InChI=1S/C23H24O6/c24-20-13-21-19(12-22(25)29-21)18(20)7-8-23(27-9-10-28-23)14-26-17-6-5-15-3-1-2-4-16(15)11-17/h1-8,11,18-21,24H,9-10,12-14H2/b8-7+/t18-,19-,20-,21+/m1/s1. The Balaban J connectivity index is 1.31. The number of hydrogen-bond donors (Lipinski definition) is 1. The molecule has 0 radical (unpaired) electrons. The highest BCUT2D eigenvalue weighted by Crippen LogP contribution is 2.42. The van der Waals surface area contributed by atoms with Crippen LogP contribution in [0.2, 0.25) is 0 Å². The number of rotatable bonds is 5. The Morgan fingerprint density at radius 3 is 2.76 bits per heavy atom. The van der Waals surface area contributed by atoms with Crippen molar-refractivity contribution in [3.63, 3.8) is 0 Å². The van der Waals surface area contributed by atoms with Crippen molar-refractivity contribution >= 4 is 16.7 Å². The van der Waals surface area contributed by atoms with Gasteiger partial charge in [0.25, 0.3) is 0 Å². The first-order valence-electron chi connectivity index (χ1n) is 10.1. The minimum atomic E-state index is -0.993. The van der Waals surface area contributed by atoms with Crippen molar-refractivity contribution in [1.29, 1.82) is 0 Å². The van der Waals surface area contributed by atoms with Crippen LogP contribution in [0.5, 0.6) is 5.75 Å². The topological polar surface area (TPSA) is 74.2 Å². The Bertz CT molecular complexity index is 932. The number of aliphatic hydroxyl groups is 1. The molecule has 29 heavy (non-hydrogen) atoms. The van der Waals surface area contributed by atoms with Gasteiger partial charge < -0.3 is 24.1 Å². The fourth-order valence-corrected chi connectivity index (χ4v) is 4.58. The van der Waals surface area contributed by atoms with Crippen LogP contribution in [0.4, 0.5) is 0 Å². The smallest absolute Gasteiger partial charge is 0.306 e. The third-order valence-electron chi connectivity index (χ3n) is 6.08. The van der Waals surface area contributed by atoms with E-state index in [0.29, 0.717) is 26.1 Å². The summed E-state index contributed by atoms with van der Waals surface area (Å²) in [5.74, 6) is -0.586. The summed E-state index contributed by atoms with van der Waals surface area (Å²) in [5.41, 5.74) is 0. The molecule has 2 saturated heterocycles. The molecule has 6 heteroatoms. The first-order valence-corrected chi connectivity index (χ1v) is 10.1. The van der Waals surface area contributed by atoms with Gasteiger partial charge in [-0.2, -0.15) is 0 Å². The van der Waals surface area contributed by atoms with E-state index in [2.05, 4.69) is 6.07 Å². The summed E-state index contributed by atoms with van der Waals surface area (Å²) in [5, 5.41) is 12.7. The van der Waals surface area contributed by atoms with Gasteiger partial charge in [-0.1, -0.05) is 36.4 Å². The molecule has 4 atom stereocenters. The molecule has 3 fully saturated rings. The van der Waals surface area contributed by atoms with Gasteiger partial charge in [-0.05, 0) is 29.0 Å². The van der Waals surface area contributed by atoms with Crippen molar-refractivity contribution in [3.05, 3.63) is 54.6 Å². The maximum absolute atomic E-state index is 11.6. The lowest BCUT2D eigenvalue weighted by molar-refractivity contribution is -0.141. The number of aliphatic hydroxyl groups excluding tert-OH is 1. The summed E-state index contributed by atoms with van der Waals surface area (Å²) in [6, 6.07) is 14.1. The van der Waals surface area contributed by atoms with Gasteiger partial charge in [0, 0.05) is 18.3 Å². The van der Waals surface area contributed by atoms with Crippen molar-refractivity contribution in [1.82, 2.24) is 0 Å². The average Bonchev–Trinajstić information content (AvgIpc) is 3.40. The minimum absolute atomic E-state index is 0.00797. The van der Waals surface area contributed by atoms with Crippen LogP contribution in [0.3, 0.4) is 0 Å². The molecule has 1 saturated carbocycles. The molecule has 2 heterocycles. The molecular formula is C23H24O6. The Morgan fingerprint density at radius 2 is 1.93 bits per heavy atom. The predicted molar refractivity (Wildman–Crippen MR) is 105 cm³/mol. The van der Waals surface area contributed by atoms with Gasteiger partial charge in [-0.3, -0.25) is 4.79 Å². The van der Waals surface area contributed by atoms with Crippen LogP contribution in [0, 0.1) is 11.8 Å². The van der Waals surface area contributed by atoms with Crippen LogP contribution in [0.1, 0.15) is 12.8 Å². The minimum Gasteiger partial charge on any atom is -0.488 e. The van der Waals surface area contributed by atoms with Gasteiger partial charge in [0.05, 0.1) is 25.7 Å². The van der Waals surface area contributed by atoms with Crippen LogP contribution >= 0.6 is 0 Å². The molecule has 0 bridgehead atoms. The van der Waals surface area contributed by atoms with Crippen LogP contribution < -0.4 is 4.74 Å². The summed E-state index contributed by atoms with van der Waals surface area (Å²) in [4.78, 5) is 11.6. The summed E-state index contributed by atoms with van der Waals surface area (Å²) >= 11 is 0. The lowest BCUT2D eigenvalue weighted by Crippen LogP contribution is -2.35. The first kappa shape index (κ1) is 18.6. The van der Waals surface area contributed by atoms with E-state index in [4.69, 9.17) is 18.9 Å². The SMILES string of the molecule is O=C1C[C@@H]2[C@@H](/C=C/C3(COc4ccc5ccccc5c4)OCCO3)[C@H](O)C[C@@H]2O1. The normalized spacial score (nSPS) is 30.7. The number of fused-ring (bicyclic) bond motifs is 2. The highest BCUT2D eigenvalue weighted by molar-refractivity contribution is 5.83. The molecule has 1 N–H and O–H groups in total. The number of benzene rings is 2. The van der Waals surface area contributed by atoms with E-state index in [9.17, 15) is 9.90 Å². The van der Waals surface area contributed by atoms with E-state index < -0.39 is 11.9 Å². The number of carbonyl (C=O) groups is 1. The fourth-order valence-electron chi connectivity index (χ4n) is 4.58. The van der Waals surface area contributed by atoms with E-state index in [1.165, 1.54) is 0 Å². The van der Waals surface area contributed by atoms with Crippen molar-refractivity contribution < 1.29 is 28.8 Å². The zero-order chi connectivity index (χ0) is 19.8. The molecule has 2 aromatic rings. The van der Waals surface area contributed by atoms with Gasteiger partial charge in [0.2, 0.25) is 5.79 Å². The second kappa shape index (κ2) is 7.44. The molecule has 6 nitrogen and oxygen atoms in total. The van der Waals surface area contributed by atoms with Crippen LogP contribution in [-0.4, -0.2) is 48.9 Å². The van der Waals surface area contributed by atoms with Crippen LogP contribution in [-0.2, 0) is 19.0 Å². The van der Waals surface area contributed by atoms with Gasteiger partial charge >= 0.3 is 5.97 Å². The van der Waals surface area contributed by atoms with Crippen LogP contribution in [0.15, 0.2) is 54.6 Å². The van der Waals surface area contributed by atoms with Crippen LogP contribution in [0.25, 0.3) is 10.8 Å². The first-order chi connectivity index (χ1) is 14.1. The van der Waals surface area contributed by atoms with Gasteiger partial charge in [-0.15, -0.1) is 0 Å². The van der Waals surface area contributed by atoms with Gasteiger partial charge in [0.15, 0.2) is 0 Å². The van der Waals surface area contributed by atoms with Gasteiger partial charge in [-0.25, -0.2) is 0 Å². The Hall–Kier alpha value is -2.41. The number of esters is 1. The molecule has 0 amide bonds. The molecule has 5 rings (SSSR count). The molecule has 0 aromatic heterocycles. The third kappa shape index (κ3) is 3.64. The van der Waals surface area contributed by atoms with E-state index in [0.717, 1.165) is 16.5 Å². The van der Waals surface area contributed by atoms with E-state index in [1.807, 2.05) is 48.6 Å². The zero-order valence-corrected chi connectivity index (χ0v) is 16.0. The fraction of sp³-hybridized carbons (Fsp3) is 0.435. The second-order valence-electron chi connectivity index (χ2n) is 7.94. The molecule has 2 aromatic carbocycles. The highest BCUT2D eigenvalue weighted by atomic mass is 16.8. The van der Waals surface area contributed by atoms with Crippen molar-refractivity contribution in [2.24, 2.45) is 11.8 Å². The summed E-state index contributed by atoms with van der Waals surface area (Å²) in [7, 11) is 0. The van der Waals surface area contributed by atoms with Crippen molar-refractivity contribution in [2.75, 3.05) is 19.8 Å². The third-order valence-corrected chi connectivity index (χ3v) is 6.08. The Kier molecular flexibility index (Phi) is 4.78. The molecule has 1 aliphatic carbocycles. The Morgan fingerprint density at radius 1 is 1.14 bits per heavy atom. The van der Waals surface area contributed by atoms with E-state index in [1.54, 1.807) is 0 Å². The zero-order valence-electron chi connectivity index (χ0n) is 16.0. The lowest BCUT2D eigenvalue weighted by Gasteiger charge is -2.25. The van der Waals surface area contributed by atoms with Crippen molar-refractivity contribution in [2.45, 2.75) is 30.8 Å². The summed E-state index contributed by atoms with van der Waals surface area (Å²) in [6.07, 6.45) is 3.84. The van der Waals surface area contributed by atoms with Crippen molar-refractivity contribution in [3.8, 4) is 5.75 Å². The largest absolute Gasteiger partial charge is 0.488 e. The quantitative estimate of drug-likeness (QED) is 0.619. The van der Waals surface area contributed by atoms with Gasteiger partial charge in [0.1, 0.15) is 18.5 Å². The number of ether oxygens (including phenoxy) is 4. The van der Waals surface area contributed by atoms with E-state index in [-0.39, 0.29) is 30.5 Å². The maximum Gasteiger partial charge on any atom is 0.306 e. The molecule has 0 spiro atoms. The van der Waals surface area contributed by atoms with E-state index >= 15 is 0 Å². The average molecular weight is 396 g/mol. The number of hydrogen-bond acceptors (Lipinski definition) is 6. The highest BCUT2D eigenvalue weighted by Gasteiger charge is 2.49. The predicted octanol–water partition coefficient (Wildman–Crippen LogP) is 2.83. The Labute approximate surface area is 169 Å². The maximum atomic E-state index is 11.6. The monoisotopic (exact) mass is 396 g/mol. The molecule has 152 valence electrons. The summed E-state index contributed by atoms with van der Waals surface area (Å²) < 4.78 is 23.0. The molecule has 2 aliphatic heterocycles. The second-order valence-corrected chi connectivity index (χ2v) is 7.94. The number of carbonyl (C=O) groups excluding carboxylic acids is 1. The molecule has 0 unspecified atom stereocenters. The lowest BCUT2D eigenvalue weighted by atomic mass is 9.91. The summed E-state index contributed by atoms with van der Waals surface area (Å²) in [6.45, 7) is 1.16. The molecular weight excluding hydrogens is 372 g/mol. The molecule has 3 aliphatic rings.